The van der Waals surface area contributed by atoms with Crippen LogP contribution in [0.2, 0.25) is 0 Å². The fourth-order valence-corrected chi connectivity index (χ4v) is 3.77. The van der Waals surface area contributed by atoms with Crippen molar-refractivity contribution in [1.29, 1.82) is 0 Å². The largest absolute Gasteiger partial charge is 0.378 e. The number of carbonyl (C=O) groups excluding carboxylic acids is 2. The third-order valence-electron chi connectivity index (χ3n) is 4.46. The van der Waals surface area contributed by atoms with Gasteiger partial charge in [0.2, 0.25) is 16.9 Å². The molecule has 3 rings (SSSR count). The minimum Gasteiger partial charge on any atom is -0.378 e. The van der Waals surface area contributed by atoms with E-state index in [9.17, 15) is 9.59 Å². The first-order valence-electron chi connectivity index (χ1n) is 8.71. The fourth-order valence-electron chi connectivity index (χ4n) is 3.02. The van der Waals surface area contributed by atoms with Crippen LogP contribution >= 0.6 is 11.3 Å². The fraction of sp³-hybridized carbons (Fsp3) is 0.444. The van der Waals surface area contributed by atoms with Crippen LogP contribution in [0.5, 0.6) is 0 Å². The number of anilines is 2. The summed E-state index contributed by atoms with van der Waals surface area (Å²) in [6, 6.07) is 7.60. The summed E-state index contributed by atoms with van der Waals surface area (Å²) in [6.45, 7) is 2.46. The molecule has 0 spiro atoms. The standard InChI is InChI=1S/C18H23N5O2S/c1-4-15(24)23-11-5-6-14(23)16(25)19-18-21-20-17(26-18)12-7-9-13(10-8-12)22(2)3/h7-10,14H,4-6,11H2,1-3H3,(H,19,21,25)/t14-/m1/s1. The Hall–Kier alpha value is -2.48. The molecule has 1 aliphatic rings. The van der Waals surface area contributed by atoms with Crippen molar-refractivity contribution >= 4 is 34.0 Å². The first kappa shape index (κ1) is 18.3. The normalized spacial score (nSPS) is 16.6. The Kier molecular flexibility index (Phi) is 5.51. The van der Waals surface area contributed by atoms with Gasteiger partial charge in [-0.25, -0.2) is 0 Å². The van der Waals surface area contributed by atoms with Crippen LogP contribution in [-0.2, 0) is 9.59 Å². The van der Waals surface area contributed by atoms with Gasteiger partial charge >= 0.3 is 0 Å². The monoisotopic (exact) mass is 373 g/mol. The van der Waals surface area contributed by atoms with E-state index in [1.807, 2.05) is 50.2 Å². The van der Waals surface area contributed by atoms with E-state index in [0.29, 0.717) is 24.5 Å². The van der Waals surface area contributed by atoms with Gasteiger partial charge in [-0.2, -0.15) is 0 Å². The molecule has 1 aliphatic heterocycles. The highest BCUT2D eigenvalue weighted by Gasteiger charge is 2.33. The van der Waals surface area contributed by atoms with Gasteiger partial charge in [0.1, 0.15) is 11.0 Å². The summed E-state index contributed by atoms with van der Waals surface area (Å²) in [5.41, 5.74) is 2.06. The lowest BCUT2D eigenvalue weighted by Crippen LogP contribution is -2.42. The second-order valence-electron chi connectivity index (χ2n) is 6.44. The number of hydrogen-bond acceptors (Lipinski definition) is 6. The van der Waals surface area contributed by atoms with Crippen molar-refractivity contribution in [1.82, 2.24) is 15.1 Å². The molecule has 1 saturated heterocycles. The Labute approximate surface area is 157 Å². The molecule has 1 N–H and O–H groups in total. The van der Waals surface area contributed by atoms with Gasteiger partial charge in [0.15, 0.2) is 0 Å². The van der Waals surface area contributed by atoms with Crippen molar-refractivity contribution < 1.29 is 9.59 Å². The molecule has 0 radical (unpaired) electrons. The summed E-state index contributed by atoms with van der Waals surface area (Å²) >= 11 is 1.33. The summed E-state index contributed by atoms with van der Waals surface area (Å²) < 4.78 is 0. The highest BCUT2D eigenvalue weighted by Crippen LogP contribution is 2.28. The zero-order valence-electron chi connectivity index (χ0n) is 15.2. The minimum absolute atomic E-state index is 0.0154. The maximum Gasteiger partial charge on any atom is 0.249 e. The van der Waals surface area contributed by atoms with E-state index in [1.54, 1.807) is 4.90 Å². The Bertz CT molecular complexity index is 787. The number of hydrogen-bond donors (Lipinski definition) is 1. The summed E-state index contributed by atoms with van der Waals surface area (Å²) in [7, 11) is 3.98. The van der Waals surface area contributed by atoms with Crippen LogP contribution in [0.4, 0.5) is 10.8 Å². The van der Waals surface area contributed by atoms with Crippen LogP contribution in [0.15, 0.2) is 24.3 Å². The number of likely N-dealkylation sites (tertiary alicyclic amines) is 1. The number of aromatic nitrogens is 2. The first-order valence-corrected chi connectivity index (χ1v) is 9.53. The Morgan fingerprint density at radius 1 is 1.27 bits per heavy atom. The van der Waals surface area contributed by atoms with Crippen molar-refractivity contribution in [2.45, 2.75) is 32.2 Å². The lowest BCUT2D eigenvalue weighted by Gasteiger charge is -2.22. The number of nitrogens with one attached hydrogen (secondary N) is 1. The third kappa shape index (κ3) is 3.85. The number of rotatable bonds is 5. The van der Waals surface area contributed by atoms with Crippen LogP contribution in [0.1, 0.15) is 26.2 Å². The van der Waals surface area contributed by atoms with E-state index in [4.69, 9.17) is 0 Å². The molecule has 0 aliphatic carbocycles. The van der Waals surface area contributed by atoms with Crippen LogP contribution in [0.3, 0.4) is 0 Å². The molecule has 7 nitrogen and oxygen atoms in total. The second-order valence-corrected chi connectivity index (χ2v) is 7.42. The maximum absolute atomic E-state index is 12.5. The highest BCUT2D eigenvalue weighted by molar-refractivity contribution is 7.18. The Morgan fingerprint density at radius 2 is 2.00 bits per heavy atom. The lowest BCUT2D eigenvalue weighted by molar-refractivity contribution is -0.136. The topological polar surface area (TPSA) is 78.4 Å². The van der Waals surface area contributed by atoms with Crippen LogP contribution in [0.25, 0.3) is 10.6 Å². The molecule has 0 bridgehead atoms. The molecule has 1 aromatic heterocycles. The summed E-state index contributed by atoms with van der Waals surface area (Å²) in [6.07, 6.45) is 1.95. The molecule has 26 heavy (non-hydrogen) atoms. The minimum atomic E-state index is -0.408. The van der Waals surface area contributed by atoms with E-state index >= 15 is 0 Å². The van der Waals surface area contributed by atoms with Gasteiger partial charge in [0.25, 0.3) is 0 Å². The molecule has 1 fully saturated rings. The molecule has 0 saturated carbocycles. The van der Waals surface area contributed by atoms with E-state index in [0.717, 1.165) is 22.7 Å². The molecule has 2 heterocycles. The van der Waals surface area contributed by atoms with E-state index in [2.05, 4.69) is 15.5 Å². The van der Waals surface area contributed by atoms with Gasteiger partial charge in [-0.3, -0.25) is 14.9 Å². The Morgan fingerprint density at radius 3 is 2.65 bits per heavy atom. The molecule has 1 atom stereocenters. The summed E-state index contributed by atoms with van der Waals surface area (Å²) in [5, 5.41) is 12.3. The quantitative estimate of drug-likeness (QED) is 0.872. The predicted molar refractivity (Wildman–Crippen MR) is 103 cm³/mol. The molecular formula is C18H23N5O2S. The average molecular weight is 373 g/mol. The zero-order chi connectivity index (χ0) is 18.7. The van der Waals surface area contributed by atoms with Crippen molar-refractivity contribution in [3.05, 3.63) is 24.3 Å². The number of amides is 2. The summed E-state index contributed by atoms with van der Waals surface area (Å²) in [4.78, 5) is 28.2. The van der Waals surface area contributed by atoms with E-state index in [-0.39, 0.29) is 11.8 Å². The summed E-state index contributed by atoms with van der Waals surface area (Å²) in [5.74, 6) is -0.170. The number of benzene rings is 1. The molecular weight excluding hydrogens is 350 g/mol. The first-order chi connectivity index (χ1) is 12.5. The molecule has 8 heteroatoms. The van der Waals surface area contributed by atoms with Gasteiger partial charge in [0, 0.05) is 38.3 Å². The van der Waals surface area contributed by atoms with Gasteiger partial charge in [0.05, 0.1) is 0 Å². The van der Waals surface area contributed by atoms with Crippen molar-refractivity contribution in [3.63, 3.8) is 0 Å². The highest BCUT2D eigenvalue weighted by atomic mass is 32.1. The zero-order valence-corrected chi connectivity index (χ0v) is 16.0. The van der Waals surface area contributed by atoms with Gasteiger partial charge in [-0.05, 0) is 37.1 Å². The predicted octanol–water partition coefficient (Wildman–Crippen LogP) is 2.61. The van der Waals surface area contributed by atoms with E-state index < -0.39 is 6.04 Å². The number of carbonyl (C=O) groups is 2. The average Bonchev–Trinajstić information content (AvgIpc) is 3.30. The van der Waals surface area contributed by atoms with Crippen molar-refractivity contribution in [3.8, 4) is 10.6 Å². The third-order valence-corrected chi connectivity index (χ3v) is 5.35. The number of nitrogens with zero attached hydrogens (tertiary/aromatic N) is 4. The van der Waals surface area contributed by atoms with Crippen molar-refractivity contribution in [2.75, 3.05) is 30.9 Å². The second kappa shape index (κ2) is 7.82. The van der Waals surface area contributed by atoms with Gasteiger partial charge in [-0.1, -0.05) is 18.3 Å². The van der Waals surface area contributed by atoms with Crippen LogP contribution in [0, 0.1) is 0 Å². The van der Waals surface area contributed by atoms with Crippen LogP contribution in [-0.4, -0.2) is 53.6 Å². The smallest absolute Gasteiger partial charge is 0.249 e. The Balaban J connectivity index is 1.68. The molecule has 1 aromatic carbocycles. The SMILES string of the molecule is CCC(=O)N1CCC[C@@H]1C(=O)Nc1nnc(-c2ccc(N(C)C)cc2)s1. The van der Waals surface area contributed by atoms with E-state index in [1.165, 1.54) is 11.3 Å². The maximum atomic E-state index is 12.5. The lowest BCUT2D eigenvalue weighted by atomic mass is 10.2. The molecule has 138 valence electrons. The molecule has 2 amide bonds. The molecule has 2 aromatic rings. The van der Waals surface area contributed by atoms with Crippen molar-refractivity contribution in [2.24, 2.45) is 0 Å². The van der Waals surface area contributed by atoms with Gasteiger partial charge in [-0.15, -0.1) is 10.2 Å². The van der Waals surface area contributed by atoms with Crippen LogP contribution < -0.4 is 10.2 Å². The molecule has 0 unspecified atom stereocenters. The van der Waals surface area contributed by atoms with Gasteiger partial charge < -0.3 is 9.80 Å².